The average Bonchev–Trinajstić information content (AvgIpc) is 3.26. The molecule has 2 heterocycles. The molecule has 0 aliphatic heterocycles. The number of halogens is 1. The molecule has 7 nitrogen and oxygen atoms in total. The smallest absolute Gasteiger partial charge is 0.262 e. The molecule has 2 aromatic heterocycles. The number of amides is 1. The summed E-state index contributed by atoms with van der Waals surface area (Å²) in [4.78, 5) is 17.6. The van der Waals surface area contributed by atoms with E-state index in [9.17, 15) is 17.6 Å². The molecule has 2 aromatic carbocycles. The molecule has 0 unspecified atom stereocenters. The molecule has 1 amide bonds. The van der Waals surface area contributed by atoms with Crippen LogP contribution in [0.1, 0.15) is 11.3 Å². The monoisotopic (exact) mass is 444 g/mol. The highest BCUT2D eigenvalue weighted by atomic mass is 32.2. The van der Waals surface area contributed by atoms with E-state index >= 15 is 0 Å². The zero-order chi connectivity index (χ0) is 21.3. The van der Waals surface area contributed by atoms with Gasteiger partial charge in [-0.15, -0.1) is 11.3 Å². The highest BCUT2D eigenvalue weighted by Gasteiger charge is 2.18. The van der Waals surface area contributed by atoms with Crippen molar-refractivity contribution >= 4 is 43.6 Å². The molecule has 4 aromatic rings. The lowest BCUT2D eigenvalue weighted by Crippen LogP contribution is -2.17. The summed E-state index contributed by atoms with van der Waals surface area (Å²) in [5.41, 5.74) is 1.73. The summed E-state index contributed by atoms with van der Waals surface area (Å²) in [6.45, 7) is 1.66. The molecule has 0 atom stereocenters. The summed E-state index contributed by atoms with van der Waals surface area (Å²) < 4.78 is 42.9. The largest absolute Gasteiger partial charge is 0.326 e. The van der Waals surface area contributed by atoms with Crippen molar-refractivity contribution in [2.24, 2.45) is 0 Å². The Labute approximate surface area is 176 Å². The first-order chi connectivity index (χ1) is 14.3. The van der Waals surface area contributed by atoms with E-state index in [1.165, 1.54) is 41.7 Å². The maximum absolute atomic E-state index is 13.1. The number of anilines is 2. The number of imidazole rings is 1. The first kappa shape index (κ1) is 20.0. The molecule has 0 fully saturated rings. The Balaban J connectivity index is 1.51. The van der Waals surface area contributed by atoms with Gasteiger partial charge in [-0.2, -0.15) is 0 Å². The second-order valence-corrected chi connectivity index (χ2v) is 9.17. The summed E-state index contributed by atoms with van der Waals surface area (Å²) in [5.74, 6) is -0.768. The number of aryl methyl sites for hydroxylation is 1. The van der Waals surface area contributed by atoms with E-state index < -0.39 is 15.8 Å². The molecule has 154 valence electrons. The topological polar surface area (TPSA) is 92.6 Å². The number of rotatable bonds is 6. The number of aromatic nitrogens is 2. The van der Waals surface area contributed by atoms with Gasteiger partial charge >= 0.3 is 0 Å². The van der Waals surface area contributed by atoms with Gasteiger partial charge in [-0.1, -0.05) is 6.07 Å². The summed E-state index contributed by atoms with van der Waals surface area (Å²) in [5, 5.41) is 4.61. The molecule has 0 radical (unpaired) electrons. The molecule has 0 aliphatic rings. The number of thiazole rings is 1. The summed E-state index contributed by atoms with van der Waals surface area (Å²) in [6, 6.07) is 9.65. The maximum atomic E-state index is 13.1. The van der Waals surface area contributed by atoms with Crippen LogP contribution in [0, 0.1) is 12.7 Å². The first-order valence-corrected chi connectivity index (χ1v) is 11.3. The van der Waals surface area contributed by atoms with Crippen LogP contribution in [-0.2, 0) is 21.2 Å². The lowest BCUT2D eigenvalue weighted by Gasteiger charge is -2.12. The molecule has 0 spiro atoms. The van der Waals surface area contributed by atoms with Crippen molar-refractivity contribution in [1.29, 1.82) is 0 Å². The molecule has 4 rings (SSSR count). The van der Waals surface area contributed by atoms with E-state index in [0.29, 0.717) is 16.9 Å². The van der Waals surface area contributed by atoms with Crippen LogP contribution in [0.5, 0.6) is 0 Å². The first-order valence-electron chi connectivity index (χ1n) is 8.90. The Kier molecular flexibility index (Phi) is 5.27. The van der Waals surface area contributed by atoms with Crippen LogP contribution in [0.25, 0.3) is 4.96 Å². The quantitative estimate of drug-likeness (QED) is 0.473. The van der Waals surface area contributed by atoms with Crippen LogP contribution in [0.15, 0.2) is 65.1 Å². The van der Waals surface area contributed by atoms with Gasteiger partial charge in [0.05, 0.1) is 17.0 Å². The predicted molar refractivity (Wildman–Crippen MR) is 114 cm³/mol. The molecular weight excluding hydrogens is 427 g/mol. The van der Waals surface area contributed by atoms with Gasteiger partial charge in [-0.3, -0.25) is 13.9 Å². The van der Waals surface area contributed by atoms with Crippen LogP contribution in [0.3, 0.4) is 0 Å². The number of fused-ring (bicyclic) bond motifs is 1. The van der Waals surface area contributed by atoms with Crippen molar-refractivity contribution in [3.8, 4) is 0 Å². The molecule has 10 heteroatoms. The molecule has 0 bridgehead atoms. The summed E-state index contributed by atoms with van der Waals surface area (Å²) in [6.07, 6.45) is 3.71. The predicted octanol–water partition coefficient (Wildman–Crippen LogP) is 3.83. The van der Waals surface area contributed by atoms with Gasteiger partial charge in [0, 0.05) is 29.1 Å². The minimum atomic E-state index is -3.92. The van der Waals surface area contributed by atoms with E-state index in [1.54, 1.807) is 25.3 Å². The van der Waals surface area contributed by atoms with E-state index in [4.69, 9.17) is 0 Å². The number of sulfonamides is 1. The Hall–Kier alpha value is -3.24. The molecular formula is C20H17FN4O3S2. The van der Waals surface area contributed by atoms with Crippen molar-refractivity contribution in [3.63, 3.8) is 0 Å². The van der Waals surface area contributed by atoms with Crippen LogP contribution < -0.4 is 10.0 Å². The van der Waals surface area contributed by atoms with Gasteiger partial charge in [-0.05, 0) is 48.9 Å². The van der Waals surface area contributed by atoms with Gasteiger partial charge in [0.15, 0.2) is 4.96 Å². The van der Waals surface area contributed by atoms with E-state index in [-0.39, 0.29) is 22.9 Å². The Bertz CT molecular complexity index is 1300. The standard InChI is InChI=1S/C20H17FN4O3S2/c1-13-2-5-16(22-19(26)11-17-12-25-8-9-29-20(25)23-17)10-18(13)30(27,28)24-15-6-3-14(21)4-7-15/h2-10,12,24H,11H2,1H3,(H,22,26). The second-order valence-electron chi connectivity index (χ2n) is 6.64. The van der Waals surface area contributed by atoms with E-state index in [2.05, 4.69) is 15.0 Å². The number of nitrogens with zero attached hydrogens (tertiary/aromatic N) is 2. The van der Waals surface area contributed by atoms with Gasteiger partial charge in [0.1, 0.15) is 5.82 Å². The van der Waals surface area contributed by atoms with Crippen molar-refractivity contribution in [1.82, 2.24) is 9.38 Å². The van der Waals surface area contributed by atoms with E-state index in [0.717, 1.165) is 4.96 Å². The fourth-order valence-corrected chi connectivity index (χ4v) is 4.98. The highest BCUT2D eigenvalue weighted by molar-refractivity contribution is 7.92. The Morgan fingerprint density at radius 2 is 1.90 bits per heavy atom. The minimum absolute atomic E-state index is 0.0205. The molecule has 0 aliphatic carbocycles. The van der Waals surface area contributed by atoms with Crippen molar-refractivity contribution in [2.75, 3.05) is 10.0 Å². The van der Waals surface area contributed by atoms with E-state index in [1.807, 2.05) is 16.0 Å². The molecule has 0 saturated carbocycles. The number of hydrogen-bond acceptors (Lipinski definition) is 5. The van der Waals surface area contributed by atoms with Crippen molar-refractivity contribution in [3.05, 3.63) is 77.3 Å². The van der Waals surface area contributed by atoms with Crippen LogP contribution >= 0.6 is 11.3 Å². The van der Waals surface area contributed by atoms with Gasteiger partial charge in [0.2, 0.25) is 5.91 Å². The zero-order valence-corrected chi connectivity index (χ0v) is 17.4. The maximum Gasteiger partial charge on any atom is 0.262 e. The van der Waals surface area contributed by atoms with Gasteiger partial charge in [-0.25, -0.2) is 17.8 Å². The highest BCUT2D eigenvalue weighted by Crippen LogP contribution is 2.23. The summed E-state index contributed by atoms with van der Waals surface area (Å²) >= 11 is 1.47. The van der Waals surface area contributed by atoms with Gasteiger partial charge < -0.3 is 5.32 Å². The third-order valence-corrected chi connectivity index (χ3v) is 6.64. The Morgan fingerprint density at radius 3 is 2.63 bits per heavy atom. The SMILES string of the molecule is Cc1ccc(NC(=O)Cc2cn3ccsc3n2)cc1S(=O)(=O)Nc1ccc(F)cc1. The van der Waals surface area contributed by atoms with Gasteiger partial charge in [0.25, 0.3) is 10.0 Å². The molecule has 0 saturated heterocycles. The third-order valence-electron chi connectivity index (χ3n) is 4.34. The second kappa shape index (κ2) is 7.88. The van der Waals surface area contributed by atoms with Crippen LogP contribution in [0.2, 0.25) is 0 Å². The number of hydrogen-bond donors (Lipinski definition) is 2. The number of carbonyl (C=O) groups excluding carboxylic acids is 1. The van der Waals surface area contributed by atoms with Crippen molar-refractivity contribution in [2.45, 2.75) is 18.2 Å². The van der Waals surface area contributed by atoms with Crippen LogP contribution in [0.4, 0.5) is 15.8 Å². The lowest BCUT2D eigenvalue weighted by molar-refractivity contribution is -0.115. The molecule has 2 N–H and O–H groups in total. The fraction of sp³-hybridized carbons (Fsp3) is 0.100. The minimum Gasteiger partial charge on any atom is -0.326 e. The number of nitrogens with one attached hydrogen (secondary N) is 2. The molecule has 30 heavy (non-hydrogen) atoms. The Morgan fingerprint density at radius 1 is 1.17 bits per heavy atom. The lowest BCUT2D eigenvalue weighted by atomic mass is 10.2. The third kappa shape index (κ3) is 4.34. The number of carbonyl (C=O) groups is 1. The average molecular weight is 445 g/mol. The van der Waals surface area contributed by atoms with Crippen LogP contribution in [-0.4, -0.2) is 23.7 Å². The normalized spacial score (nSPS) is 11.5. The van der Waals surface area contributed by atoms with Crippen molar-refractivity contribution < 1.29 is 17.6 Å². The number of benzene rings is 2. The fourth-order valence-electron chi connectivity index (χ4n) is 2.93. The summed E-state index contributed by atoms with van der Waals surface area (Å²) in [7, 11) is -3.92. The zero-order valence-electron chi connectivity index (χ0n) is 15.8.